The van der Waals surface area contributed by atoms with Gasteiger partial charge < -0.3 is 80.9 Å². The van der Waals surface area contributed by atoms with Crippen LogP contribution in [0.2, 0.25) is 0 Å². The molecule has 370 valence electrons. The maximum Gasteiger partial charge on any atom is 0.311 e. The van der Waals surface area contributed by atoms with Crippen LogP contribution in [0, 0.1) is 17.8 Å². The lowest BCUT2D eigenvalue weighted by Gasteiger charge is -2.45. The van der Waals surface area contributed by atoms with Gasteiger partial charge in [0.2, 0.25) is 0 Å². The SMILES string of the molecule is C[C@@H]1[C@H](O)[C@H](C)/C=C/C=C/CC/C=C/C=C/C=C/C=C/[C@H](O[C@@H]2O[C@H](C)[C@@H](O)[C@H](N)[C@@H]2O)C[C@H]2O[C@](O)(C[C@H](O)[C@H]2C(=O)O)C[C@H](O)[C@H](O)CC[C@H](O)C[C@H](O)C[C@H](O)CC(=O)O[C@@H]1C. The van der Waals surface area contributed by atoms with Gasteiger partial charge in [0.15, 0.2) is 12.1 Å². The van der Waals surface area contributed by atoms with Crippen LogP contribution in [0.1, 0.15) is 91.9 Å². The van der Waals surface area contributed by atoms with E-state index in [1.54, 1.807) is 38.2 Å². The van der Waals surface area contributed by atoms with Gasteiger partial charge in [-0.3, -0.25) is 9.59 Å². The van der Waals surface area contributed by atoms with Crippen molar-refractivity contribution in [2.45, 2.75) is 189 Å². The van der Waals surface area contributed by atoms with Crippen LogP contribution in [0.5, 0.6) is 0 Å². The van der Waals surface area contributed by atoms with Crippen LogP contribution in [0.4, 0.5) is 0 Å². The van der Waals surface area contributed by atoms with E-state index >= 15 is 0 Å². The molecule has 2 fully saturated rings. The number of aliphatic carboxylic acids is 1. The molecule has 0 aliphatic carbocycles. The van der Waals surface area contributed by atoms with Gasteiger partial charge in [0.1, 0.15) is 18.1 Å². The number of hydrogen-bond donors (Lipinski definition) is 12. The van der Waals surface area contributed by atoms with Crippen LogP contribution in [0.3, 0.4) is 0 Å². The minimum atomic E-state index is -2.35. The zero-order valence-corrected chi connectivity index (χ0v) is 37.8. The van der Waals surface area contributed by atoms with E-state index in [-0.39, 0.29) is 38.0 Å². The molecule has 3 aliphatic heterocycles. The number of ether oxygens (including phenoxy) is 4. The first-order chi connectivity index (χ1) is 30.6. The van der Waals surface area contributed by atoms with Crippen LogP contribution in [0.25, 0.3) is 0 Å². The molecule has 0 aromatic heterocycles. The first-order valence-corrected chi connectivity index (χ1v) is 22.6. The molecule has 0 radical (unpaired) electrons. The average molecular weight is 926 g/mol. The highest BCUT2D eigenvalue weighted by Crippen LogP contribution is 2.38. The van der Waals surface area contributed by atoms with Gasteiger partial charge in [0.25, 0.3) is 0 Å². The van der Waals surface area contributed by atoms with E-state index in [1.807, 2.05) is 49.5 Å². The minimum absolute atomic E-state index is 0.138. The summed E-state index contributed by atoms with van der Waals surface area (Å²) in [6, 6.07) is -1.14. The maximum absolute atomic E-state index is 12.6. The third-order valence-electron chi connectivity index (χ3n) is 12.2. The number of carbonyl (C=O) groups is 2. The van der Waals surface area contributed by atoms with Gasteiger partial charge in [0, 0.05) is 31.1 Å². The fourth-order valence-corrected chi connectivity index (χ4v) is 8.11. The Labute approximate surface area is 381 Å². The van der Waals surface area contributed by atoms with Gasteiger partial charge in [-0.15, -0.1) is 0 Å². The molecule has 13 N–H and O–H groups in total. The molecule has 18 heteroatoms. The first kappa shape index (κ1) is 56.1. The molecule has 0 spiro atoms. The molecule has 0 aromatic carbocycles. The summed E-state index contributed by atoms with van der Waals surface area (Å²) in [5.41, 5.74) is 6.02. The summed E-state index contributed by atoms with van der Waals surface area (Å²) in [5, 5.41) is 118. The van der Waals surface area contributed by atoms with E-state index in [1.165, 1.54) is 13.0 Å². The Morgan fingerprint density at radius 3 is 1.94 bits per heavy atom. The van der Waals surface area contributed by atoms with Crippen molar-refractivity contribution >= 4 is 11.9 Å². The Bertz CT molecular complexity index is 1620. The normalized spacial score (nSPS) is 45.2. The molecule has 0 unspecified atom stereocenters. The standard InChI is InChI=1S/C47H75NO17/c1-27-17-15-13-11-9-7-5-6-8-10-12-14-16-18-34(64-46-44(58)41(48)43(57)30(4)63-46)24-38-40(45(59)60)37(54)26-47(61,65-38)25-36(53)35(52)20-19-31(49)21-32(50)22-33(51)23-39(55)62-29(3)28(2)42(27)56/h5-6,8,10-18,27-38,40-44,46,49-54,56-58,61H,7,9,19-26,48H2,1-4H3,(H,59,60)/b6-5+,10-8+,13-11+,14-12+,17-15+,18-16+/t27-,28+,29-,30-,31+,32+,33+,34+,35-,36+,37+,38-,40-,41+,42-,43-,44+,46+,47+/m1/s1. The molecule has 19 atom stereocenters. The van der Waals surface area contributed by atoms with Crippen LogP contribution in [-0.2, 0) is 28.5 Å². The molecule has 18 nitrogen and oxygen atoms in total. The van der Waals surface area contributed by atoms with E-state index in [9.17, 15) is 65.8 Å². The summed E-state index contributed by atoms with van der Waals surface area (Å²) in [7, 11) is 0. The number of carboxylic acids is 1. The fraction of sp³-hybridized carbons (Fsp3) is 0.702. The molecule has 3 heterocycles. The van der Waals surface area contributed by atoms with Gasteiger partial charge in [-0.25, -0.2) is 0 Å². The number of nitrogens with two attached hydrogens (primary N) is 1. The maximum atomic E-state index is 12.6. The van der Waals surface area contributed by atoms with Gasteiger partial charge in [-0.2, -0.15) is 0 Å². The molecule has 2 saturated heterocycles. The van der Waals surface area contributed by atoms with Crippen molar-refractivity contribution in [2.24, 2.45) is 23.5 Å². The molecule has 65 heavy (non-hydrogen) atoms. The van der Waals surface area contributed by atoms with E-state index in [2.05, 4.69) is 0 Å². The first-order valence-electron chi connectivity index (χ1n) is 22.6. The van der Waals surface area contributed by atoms with Crippen molar-refractivity contribution in [3.05, 3.63) is 72.9 Å². The predicted molar refractivity (Wildman–Crippen MR) is 237 cm³/mol. The topological polar surface area (TPSA) is 320 Å². The average Bonchev–Trinajstić information content (AvgIpc) is 3.21. The van der Waals surface area contributed by atoms with Crippen LogP contribution >= 0.6 is 0 Å². The molecular formula is C47H75NO17. The summed E-state index contributed by atoms with van der Waals surface area (Å²) in [6.45, 7) is 6.78. The van der Waals surface area contributed by atoms with Crippen molar-refractivity contribution in [3.8, 4) is 0 Å². The highest BCUT2D eigenvalue weighted by molar-refractivity contribution is 5.71. The molecular weight excluding hydrogens is 851 g/mol. The Balaban J connectivity index is 1.84. The van der Waals surface area contributed by atoms with Gasteiger partial charge in [-0.1, -0.05) is 86.8 Å². The molecule has 0 amide bonds. The van der Waals surface area contributed by atoms with Crippen molar-refractivity contribution in [2.75, 3.05) is 0 Å². The minimum Gasteiger partial charge on any atom is -0.481 e. The van der Waals surface area contributed by atoms with E-state index in [0.29, 0.717) is 0 Å². The highest BCUT2D eigenvalue weighted by Gasteiger charge is 2.51. The number of rotatable bonds is 3. The smallest absolute Gasteiger partial charge is 0.311 e. The number of fused-ring (bicyclic) bond motifs is 2. The lowest BCUT2D eigenvalue weighted by molar-refractivity contribution is -0.310. The summed E-state index contributed by atoms with van der Waals surface area (Å²) in [5.74, 6) is -6.82. The fourth-order valence-electron chi connectivity index (χ4n) is 8.11. The largest absolute Gasteiger partial charge is 0.481 e. The number of hydrogen-bond acceptors (Lipinski definition) is 17. The monoisotopic (exact) mass is 926 g/mol. The van der Waals surface area contributed by atoms with Crippen LogP contribution in [-0.4, -0.2) is 166 Å². The second kappa shape index (κ2) is 27.6. The number of allylic oxidation sites excluding steroid dienone is 10. The molecule has 3 rings (SSSR count). The summed E-state index contributed by atoms with van der Waals surface area (Å²) >= 11 is 0. The number of carbonyl (C=O) groups excluding carboxylic acids is 1. The summed E-state index contributed by atoms with van der Waals surface area (Å²) in [4.78, 5) is 25.1. The quantitative estimate of drug-likeness (QED) is 0.175. The van der Waals surface area contributed by atoms with Crippen molar-refractivity contribution in [1.29, 1.82) is 0 Å². The van der Waals surface area contributed by atoms with Gasteiger partial charge in [0.05, 0.1) is 79.6 Å². The van der Waals surface area contributed by atoms with Crippen molar-refractivity contribution in [1.82, 2.24) is 0 Å². The van der Waals surface area contributed by atoms with Crippen molar-refractivity contribution in [3.63, 3.8) is 0 Å². The predicted octanol–water partition coefficient (Wildman–Crippen LogP) is 0.936. The number of aliphatic hydroxyl groups is 10. The van der Waals surface area contributed by atoms with E-state index < -0.39 is 141 Å². The molecule has 3 aliphatic rings. The Hall–Kier alpha value is -3.18. The Kier molecular flexibility index (Phi) is 23.8. The van der Waals surface area contributed by atoms with Gasteiger partial charge >= 0.3 is 11.9 Å². The second-order valence-electron chi connectivity index (χ2n) is 17.8. The van der Waals surface area contributed by atoms with Crippen molar-refractivity contribution < 1.29 is 84.7 Å². The Morgan fingerprint density at radius 2 is 1.28 bits per heavy atom. The highest BCUT2D eigenvalue weighted by atomic mass is 16.7. The summed E-state index contributed by atoms with van der Waals surface area (Å²) in [6.07, 6.45) is 2.28. The zero-order valence-electron chi connectivity index (χ0n) is 37.8. The number of aliphatic hydroxyl groups excluding tert-OH is 9. The molecule has 2 bridgehead atoms. The molecule has 0 saturated carbocycles. The number of cyclic esters (lactones) is 1. The Morgan fingerprint density at radius 1 is 0.692 bits per heavy atom. The van der Waals surface area contributed by atoms with Gasteiger partial charge in [-0.05, 0) is 52.4 Å². The van der Waals surface area contributed by atoms with Crippen LogP contribution in [0.15, 0.2) is 72.9 Å². The van der Waals surface area contributed by atoms with E-state index in [4.69, 9.17) is 24.7 Å². The van der Waals surface area contributed by atoms with Crippen LogP contribution < -0.4 is 5.73 Å². The van der Waals surface area contributed by atoms with E-state index in [0.717, 1.165) is 12.8 Å². The summed E-state index contributed by atoms with van der Waals surface area (Å²) < 4.78 is 23.2. The number of carboxylic acid groups (broad SMARTS) is 1. The third kappa shape index (κ3) is 18.8. The lowest BCUT2D eigenvalue weighted by Crippen LogP contribution is -2.61. The zero-order chi connectivity index (χ0) is 48.4. The second-order valence-corrected chi connectivity index (χ2v) is 17.8. The third-order valence-corrected chi connectivity index (χ3v) is 12.2. The lowest BCUT2D eigenvalue weighted by atomic mass is 9.82. The molecule has 0 aromatic rings. The number of esters is 1.